The highest BCUT2D eigenvalue weighted by Gasteiger charge is 2.09. The van der Waals surface area contributed by atoms with Crippen molar-refractivity contribution in [1.82, 2.24) is 4.98 Å². The fourth-order valence-corrected chi connectivity index (χ4v) is 1.86. The Morgan fingerprint density at radius 1 is 1.11 bits per heavy atom. The van der Waals surface area contributed by atoms with E-state index >= 15 is 0 Å². The predicted octanol–water partition coefficient (Wildman–Crippen LogP) is 3.25. The number of nitrogens with zero attached hydrogens (tertiary/aromatic N) is 2. The van der Waals surface area contributed by atoms with E-state index in [1.165, 1.54) is 0 Å². The molecule has 0 bridgehead atoms. The topological polar surface area (TPSA) is 71.9 Å². The highest BCUT2D eigenvalue weighted by Crippen LogP contribution is 2.29. The summed E-state index contributed by atoms with van der Waals surface area (Å²) >= 11 is 0. The number of hydrogen-bond acceptors (Lipinski definition) is 4. The van der Waals surface area contributed by atoms with Crippen molar-refractivity contribution >= 4 is 5.69 Å². The summed E-state index contributed by atoms with van der Waals surface area (Å²) in [6.07, 6.45) is 1.68. The minimum Gasteiger partial charge on any atom is -0.438 e. The van der Waals surface area contributed by atoms with E-state index in [9.17, 15) is 0 Å². The number of nitrogens with two attached hydrogens (primary N) is 1. The van der Waals surface area contributed by atoms with Crippen LogP contribution in [0, 0.1) is 32.1 Å². The second-order valence-electron chi connectivity index (χ2n) is 4.53. The quantitative estimate of drug-likeness (QED) is 0.891. The summed E-state index contributed by atoms with van der Waals surface area (Å²) in [6, 6.07) is 7.41. The van der Waals surface area contributed by atoms with Crippen LogP contribution in [0.25, 0.3) is 0 Å². The van der Waals surface area contributed by atoms with Gasteiger partial charge in [0.1, 0.15) is 5.75 Å². The average Bonchev–Trinajstić information content (AvgIpc) is 2.37. The van der Waals surface area contributed by atoms with Crippen LogP contribution in [-0.2, 0) is 0 Å². The summed E-state index contributed by atoms with van der Waals surface area (Å²) in [6.45, 7) is 5.70. The van der Waals surface area contributed by atoms with Gasteiger partial charge in [0.05, 0.1) is 11.6 Å². The normalized spacial score (nSPS) is 10.0. The maximum absolute atomic E-state index is 8.91. The molecule has 19 heavy (non-hydrogen) atoms. The van der Waals surface area contributed by atoms with E-state index in [-0.39, 0.29) is 0 Å². The lowest BCUT2D eigenvalue weighted by atomic mass is 10.1. The van der Waals surface area contributed by atoms with E-state index in [1.807, 2.05) is 20.8 Å². The third-order valence-corrected chi connectivity index (χ3v) is 2.92. The third kappa shape index (κ3) is 2.66. The van der Waals surface area contributed by atoms with Crippen molar-refractivity contribution in [3.63, 3.8) is 0 Å². The first-order valence-electron chi connectivity index (χ1n) is 5.92. The molecule has 1 aromatic carbocycles. The lowest BCUT2D eigenvalue weighted by Gasteiger charge is -2.12. The van der Waals surface area contributed by atoms with E-state index in [2.05, 4.69) is 11.1 Å². The molecule has 0 saturated heterocycles. The van der Waals surface area contributed by atoms with Gasteiger partial charge in [0.15, 0.2) is 0 Å². The number of rotatable bonds is 2. The van der Waals surface area contributed by atoms with Gasteiger partial charge < -0.3 is 10.5 Å². The van der Waals surface area contributed by atoms with Gasteiger partial charge in [-0.1, -0.05) is 0 Å². The Kier molecular flexibility index (Phi) is 3.39. The van der Waals surface area contributed by atoms with Crippen LogP contribution in [0.15, 0.2) is 24.4 Å². The largest absolute Gasteiger partial charge is 0.438 e. The lowest BCUT2D eigenvalue weighted by molar-refractivity contribution is 0.456. The second kappa shape index (κ2) is 4.99. The summed E-state index contributed by atoms with van der Waals surface area (Å²) in [5.41, 5.74) is 9.82. The van der Waals surface area contributed by atoms with Crippen LogP contribution in [0.5, 0.6) is 11.6 Å². The predicted molar refractivity (Wildman–Crippen MR) is 74.1 cm³/mol. The van der Waals surface area contributed by atoms with E-state index in [0.717, 1.165) is 22.4 Å². The molecule has 0 unspecified atom stereocenters. The van der Waals surface area contributed by atoms with Crippen LogP contribution < -0.4 is 10.5 Å². The number of benzene rings is 1. The Balaban J connectivity index is 2.38. The average molecular weight is 253 g/mol. The fraction of sp³-hybridized carbons (Fsp3) is 0.200. The zero-order valence-corrected chi connectivity index (χ0v) is 11.2. The number of aromatic nitrogens is 1. The minimum absolute atomic E-state index is 0.457. The molecule has 2 aromatic rings. The van der Waals surface area contributed by atoms with Crippen LogP contribution in [0.1, 0.15) is 22.3 Å². The molecule has 0 aliphatic rings. The van der Waals surface area contributed by atoms with Crippen LogP contribution >= 0.6 is 0 Å². The minimum atomic E-state index is 0.457. The molecule has 0 radical (unpaired) electrons. The number of pyridine rings is 1. The molecule has 0 saturated carbocycles. The molecule has 0 spiro atoms. The second-order valence-corrected chi connectivity index (χ2v) is 4.53. The Morgan fingerprint density at radius 3 is 2.26 bits per heavy atom. The van der Waals surface area contributed by atoms with Crippen molar-refractivity contribution in [3.05, 3.63) is 46.6 Å². The van der Waals surface area contributed by atoms with Gasteiger partial charge >= 0.3 is 0 Å². The van der Waals surface area contributed by atoms with E-state index in [4.69, 9.17) is 15.7 Å². The molecule has 4 heteroatoms. The summed E-state index contributed by atoms with van der Waals surface area (Å²) in [4.78, 5) is 4.19. The summed E-state index contributed by atoms with van der Waals surface area (Å²) in [7, 11) is 0. The molecule has 0 aliphatic carbocycles. The van der Waals surface area contributed by atoms with E-state index < -0.39 is 0 Å². The van der Waals surface area contributed by atoms with Gasteiger partial charge in [-0.15, -0.1) is 0 Å². The monoisotopic (exact) mass is 253 g/mol. The van der Waals surface area contributed by atoms with Crippen molar-refractivity contribution in [2.45, 2.75) is 20.8 Å². The van der Waals surface area contributed by atoms with Gasteiger partial charge in [-0.3, -0.25) is 0 Å². The highest BCUT2D eigenvalue weighted by atomic mass is 16.5. The first kappa shape index (κ1) is 12.9. The molecule has 0 fully saturated rings. The molecule has 2 rings (SSSR count). The molecule has 4 nitrogen and oxygen atoms in total. The zero-order chi connectivity index (χ0) is 14.0. The third-order valence-electron chi connectivity index (χ3n) is 2.92. The smallest absolute Gasteiger partial charge is 0.221 e. The summed E-state index contributed by atoms with van der Waals surface area (Å²) < 4.78 is 5.77. The fourth-order valence-electron chi connectivity index (χ4n) is 1.86. The van der Waals surface area contributed by atoms with Gasteiger partial charge in [-0.2, -0.15) is 5.26 Å². The van der Waals surface area contributed by atoms with Crippen molar-refractivity contribution in [3.8, 4) is 17.7 Å². The Hall–Kier alpha value is -2.54. The van der Waals surface area contributed by atoms with Crippen LogP contribution in [0.4, 0.5) is 5.69 Å². The number of nitrogen functional groups attached to an aromatic ring is 1. The standard InChI is InChI=1S/C15H15N3O/c1-9-4-12(7-16)5-10(2)15(9)19-14-6-13(17)11(3)8-18-14/h4-6,8H,1-3H3,(H2,17,18). The van der Waals surface area contributed by atoms with Crippen molar-refractivity contribution < 1.29 is 4.74 Å². The number of nitriles is 1. The van der Waals surface area contributed by atoms with E-state index in [1.54, 1.807) is 24.4 Å². The maximum atomic E-state index is 8.91. The molecule has 1 aromatic heterocycles. The highest BCUT2D eigenvalue weighted by molar-refractivity contribution is 5.51. The van der Waals surface area contributed by atoms with E-state index in [0.29, 0.717) is 17.1 Å². The summed E-state index contributed by atoms with van der Waals surface area (Å²) in [5, 5.41) is 8.91. The number of ether oxygens (including phenoxy) is 1. The number of anilines is 1. The SMILES string of the molecule is Cc1cnc(Oc2c(C)cc(C#N)cc2C)cc1N. The summed E-state index contributed by atoms with van der Waals surface area (Å²) in [5.74, 6) is 1.17. The molecule has 0 aliphatic heterocycles. The van der Waals surface area contributed by atoms with Gasteiger partial charge in [-0.05, 0) is 49.6 Å². The Labute approximate surface area is 112 Å². The van der Waals surface area contributed by atoms with Gasteiger partial charge in [0.2, 0.25) is 5.88 Å². The number of hydrogen-bond donors (Lipinski definition) is 1. The zero-order valence-electron chi connectivity index (χ0n) is 11.2. The Bertz CT molecular complexity index is 649. The first-order chi connectivity index (χ1) is 9.01. The van der Waals surface area contributed by atoms with Crippen LogP contribution in [0.3, 0.4) is 0 Å². The molecule has 2 N–H and O–H groups in total. The van der Waals surface area contributed by atoms with Crippen molar-refractivity contribution in [2.75, 3.05) is 5.73 Å². The van der Waals surface area contributed by atoms with Gasteiger partial charge in [-0.25, -0.2) is 4.98 Å². The van der Waals surface area contributed by atoms with Crippen molar-refractivity contribution in [1.29, 1.82) is 5.26 Å². The molecule has 1 heterocycles. The van der Waals surface area contributed by atoms with Crippen LogP contribution in [0.2, 0.25) is 0 Å². The lowest BCUT2D eigenvalue weighted by Crippen LogP contribution is -1.97. The van der Waals surface area contributed by atoms with Crippen molar-refractivity contribution in [2.24, 2.45) is 0 Å². The Morgan fingerprint density at radius 2 is 1.74 bits per heavy atom. The molecule has 96 valence electrons. The molecular weight excluding hydrogens is 238 g/mol. The molecule has 0 atom stereocenters. The number of aryl methyl sites for hydroxylation is 3. The van der Waals surface area contributed by atoms with Gasteiger partial charge in [0.25, 0.3) is 0 Å². The molecule has 0 amide bonds. The first-order valence-corrected chi connectivity index (χ1v) is 5.92. The molecular formula is C15H15N3O. The maximum Gasteiger partial charge on any atom is 0.221 e. The van der Waals surface area contributed by atoms with Gasteiger partial charge in [0, 0.05) is 18.0 Å². The van der Waals surface area contributed by atoms with Crippen LogP contribution in [-0.4, -0.2) is 4.98 Å².